The molecule has 0 aliphatic rings. The highest BCUT2D eigenvalue weighted by Gasteiger charge is 2.25. The van der Waals surface area contributed by atoms with E-state index in [-0.39, 0.29) is 11.9 Å². The monoisotopic (exact) mass is 255 g/mol. The second-order valence-electron chi connectivity index (χ2n) is 4.29. The molecule has 0 N–H and O–H groups in total. The predicted octanol–water partition coefficient (Wildman–Crippen LogP) is 3.95. The van der Waals surface area contributed by atoms with Crippen LogP contribution in [0.3, 0.4) is 0 Å². The van der Waals surface area contributed by atoms with Crippen LogP contribution in [0.2, 0.25) is 0 Å². The van der Waals surface area contributed by atoms with Crippen molar-refractivity contribution in [1.82, 2.24) is 0 Å². The van der Waals surface area contributed by atoms with Gasteiger partial charge < -0.3 is 4.42 Å². The molecule has 0 bridgehead atoms. The molecule has 98 valence electrons. The lowest BCUT2D eigenvalue weighted by Gasteiger charge is -2.28. The number of amides is 1. The quantitative estimate of drug-likeness (QED) is 0.758. The van der Waals surface area contributed by atoms with Crippen LogP contribution in [0.1, 0.15) is 24.9 Å². The lowest BCUT2D eigenvalue weighted by molar-refractivity contribution is -0.117. The molecule has 0 saturated carbocycles. The van der Waals surface area contributed by atoms with Gasteiger partial charge in [0.2, 0.25) is 11.8 Å². The van der Waals surface area contributed by atoms with Gasteiger partial charge in [-0.25, -0.2) is 0 Å². The minimum absolute atomic E-state index is 0.0503. The fraction of sp³-hybridized carbons (Fsp3) is 0.188. The Morgan fingerprint density at radius 3 is 2.58 bits per heavy atom. The van der Waals surface area contributed by atoms with Gasteiger partial charge in [0.05, 0.1) is 12.3 Å². The summed E-state index contributed by atoms with van der Waals surface area (Å²) in [4.78, 5) is 13.6. The van der Waals surface area contributed by atoms with Crippen molar-refractivity contribution in [2.75, 3.05) is 4.90 Å². The van der Waals surface area contributed by atoms with Crippen LogP contribution in [0.4, 0.5) is 5.88 Å². The van der Waals surface area contributed by atoms with Gasteiger partial charge in [-0.3, -0.25) is 9.69 Å². The van der Waals surface area contributed by atoms with Gasteiger partial charge in [0.1, 0.15) is 0 Å². The van der Waals surface area contributed by atoms with Crippen molar-refractivity contribution in [3.63, 3.8) is 0 Å². The third kappa shape index (κ3) is 2.94. The Hall–Kier alpha value is -2.29. The number of rotatable bonds is 5. The summed E-state index contributed by atoms with van der Waals surface area (Å²) in [5, 5.41) is 0. The van der Waals surface area contributed by atoms with Gasteiger partial charge in [0, 0.05) is 13.0 Å². The zero-order chi connectivity index (χ0) is 13.7. The SMILES string of the molecule is C=CC[C@@H](c1ccccc1)N(C(C)=O)c1ccco1. The second kappa shape index (κ2) is 6.05. The van der Waals surface area contributed by atoms with Crippen molar-refractivity contribution in [2.45, 2.75) is 19.4 Å². The lowest BCUT2D eigenvalue weighted by Crippen LogP contribution is -2.32. The zero-order valence-corrected chi connectivity index (χ0v) is 11.0. The van der Waals surface area contributed by atoms with E-state index in [9.17, 15) is 4.79 Å². The Bertz CT molecular complexity index is 531. The van der Waals surface area contributed by atoms with Crippen molar-refractivity contribution in [3.05, 3.63) is 66.9 Å². The predicted molar refractivity (Wildman–Crippen MR) is 75.9 cm³/mol. The molecule has 0 aliphatic carbocycles. The molecule has 0 fully saturated rings. The molecule has 0 unspecified atom stereocenters. The number of hydrogen-bond donors (Lipinski definition) is 0. The maximum Gasteiger partial charge on any atom is 0.226 e. The van der Waals surface area contributed by atoms with Gasteiger partial charge in [-0.2, -0.15) is 0 Å². The maximum atomic E-state index is 12.0. The first-order valence-corrected chi connectivity index (χ1v) is 6.23. The van der Waals surface area contributed by atoms with Crippen molar-refractivity contribution < 1.29 is 9.21 Å². The van der Waals surface area contributed by atoms with E-state index < -0.39 is 0 Å². The van der Waals surface area contributed by atoms with Crippen LogP contribution in [0, 0.1) is 0 Å². The molecule has 1 amide bonds. The summed E-state index contributed by atoms with van der Waals surface area (Å²) < 4.78 is 5.38. The Labute approximate surface area is 113 Å². The fourth-order valence-corrected chi connectivity index (χ4v) is 2.16. The molecule has 3 nitrogen and oxygen atoms in total. The Morgan fingerprint density at radius 1 is 1.32 bits per heavy atom. The summed E-state index contributed by atoms with van der Waals surface area (Å²) in [6.07, 6.45) is 4.06. The van der Waals surface area contributed by atoms with Crippen LogP contribution in [-0.2, 0) is 4.79 Å². The third-order valence-corrected chi connectivity index (χ3v) is 2.97. The minimum Gasteiger partial charge on any atom is -0.448 e. The maximum absolute atomic E-state index is 12.0. The molecule has 2 aromatic rings. The highest BCUT2D eigenvalue weighted by atomic mass is 16.3. The Morgan fingerprint density at radius 2 is 2.05 bits per heavy atom. The zero-order valence-electron chi connectivity index (χ0n) is 11.0. The summed E-state index contributed by atoms with van der Waals surface area (Å²) in [7, 11) is 0. The number of nitrogens with zero attached hydrogens (tertiary/aromatic N) is 1. The number of carbonyl (C=O) groups is 1. The van der Waals surface area contributed by atoms with Crippen LogP contribution in [0.25, 0.3) is 0 Å². The van der Waals surface area contributed by atoms with Crippen LogP contribution >= 0.6 is 0 Å². The summed E-state index contributed by atoms with van der Waals surface area (Å²) in [5.74, 6) is 0.508. The first kappa shape index (κ1) is 13.1. The molecule has 19 heavy (non-hydrogen) atoms. The first-order chi connectivity index (χ1) is 9.24. The van der Waals surface area contributed by atoms with Gasteiger partial charge in [0.25, 0.3) is 0 Å². The van der Waals surface area contributed by atoms with E-state index in [0.29, 0.717) is 12.3 Å². The fourth-order valence-electron chi connectivity index (χ4n) is 2.16. The minimum atomic E-state index is -0.0950. The number of carbonyl (C=O) groups excluding carboxylic acids is 1. The average Bonchev–Trinajstić information content (AvgIpc) is 2.92. The van der Waals surface area contributed by atoms with E-state index in [1.165, 1.54) is 0 Å². The van der Waals surface area contributed by atoms with E-state index in [2.05, 4.69) is 6.58 Å². The number of hydrogen-bond acceptors (Lipinski definition) is 2. The molecule has 0 spiro atoms. The van der Waals surface area contributed by atoms with Gasteiger partial charge in [0.15, 0.2) is 0 Å². The molecule has 0 aliphatic heterocycles. The Balaban J connectivity index is 2.41. The average molecular weight is 255 g/mol. The summed E-state index contributed by atoms with van der Waals surface area (Å²) >= 11 is 0. The van der Waals surface area contributed by atoms with Crippen molar-refractivity contribution in [2.24, 2.45) is 0 Å². The first-order valence-electron chi connectivity index (χ1n) is 6.23. The molecule has 1 heterocycles. The molecule has 2 rings (SSSR count). The van der Waals surface area contributed by atoms with Crippen molar-refractivity contribution >= 4 is 11.8 Å². The summed E-state index contributed by atoms with van der Waals surface area (Å²) in [5.41, 5.74) is 1.06. The Kier molecular flexibility index (Phi) is 4.18. The van der Waals surface area contributed by atoms with E-state index in [0.717, 1.165) is 5.56 Å². The second-order valence-corrected chi connectivity index (χ2v) is 4.29. The van der Waals surface area contributed by atoms with Crippen LogP contribution in [0.5, 0.6) is 0 Å². The number of benzene rings is 1. The highest BCUT2D eigenvalue weighted by molar-refractivity contribution is 5.90. The van der Waals surface area contributed by atoms with E-state index in [1.807, 2.05) is 36.4 Å². The molecule has 0 saturated heterocycles. The van der Waals surface area contributed by atoms with Crippen LogP contribution < -0.4 is 4.90 Å². The molecular weight excluding hydrogens is 238 g/mol. The summed E-state index contributed by atoms with van der Waals surface area (Å²) in [6.45, 7) is 5.32. The molecular formula is C16H17NO2. The lowest BCUT2D eigenvalue weighted by atomic mass is 10.0. The smallest absolute Gasteiger partial charge is 0.226 e. The van der Waals surface area contributed by atoms with E-state index in [1.54, 1.807) is 30.2 Å². The molecule has 1 atom stereocenters. The number of furan rings is 1. The third-order valence-electron chi connectivity index (χ3n) is 2.97. The topological polar surface area (TPSA) is 33.5 Å². The molecule has 3 heteroatoms. The molecule has 0 radical (unpaired) electrons. The van der Waals surface area contributed by atoms with Crippen molar-refractivity contribution in [3.8, 4) is 0 Å². The highest BCUT2D eigenvalue weighted by Crippen LogP contribution is 2.30. The summed E-state index contributed by atoms with van der Waals surface area (Å²) in [6, 6.07) is 13.4. The molecule has 1 aromatic heterocycles. The van der Waals surface area contributed by atoms with Gasteiger partial charge >= 0.3 is 0 Å². The molecule has 1 aromatic carbocycles. The normalized spacial score (nSPS) is 11.8. The van der Waals surface area contributed by atoms with Gasteiger partial charge in [-0.05, 0) is 18.1 Å². The van der Waals surface area contributed by atoms with E-state index in [4.69, 9.17) is 4.42 Å². The largest absolute Gasteiger partial charge is 0.448 e. The van der Waals surface area contributed by atoms with Gasteiger partial charge in [-0.1, -0.05) is 36.4 Å². The van der Waals surface area contributed by atoms with Crippen LogP contribution in [0.15, 0.2) is 65.8 Å². The standard InChI is InChI=1S/C16H17NO2/c1-3-8-15(14-9-5-4-6-10-14)17(13(2)18)16-11-7-12-19-16/h3-7,9-12,15H,1,8H2,2H3/t15-/m0/s1. The van der Waals surface area contributed by atoms with Gasteiger partial charge in [-0.15, -0.1) is 6.58 Å². The van der Waals surface area contributed by atoms with E-state index >= 15 is 0 Å². The number of anilines is 1. The van der Waals surface area contributed by atoms with Crippen molar-refractivity contribution in [1.29, 1.82) is 0 Å². The van der Waals surface area contributed by atoms with Crippen LogP contribution in [-0.4, -0.2) is 5.91 Å².